The molecule has 3 N–H and O–H groups in total. The quantitative estimate of drug-likeness (QED) is 0.718. The van der Waals surface area contributed by atoms with Crippen LogP contribution < -0.4 is 11.1 Å². The molecule has 1 amide bonds. The van der Waals surface area contributed by atoms with Gasteiger partial charge in [-0.2, -0.15) is 0 Å². The van der Waals surface area contributed by atoms with Gasteiger partial charge < -0.3 is 16.0 Å². The summed E-state index contributed by atoms with van der Waals surface area (Å²) in [6.45, 7) is 2.90. The highest BCUT2D eigenvalue weighted by atomic mass is 16.1. The third-order valence-electron chi connectivity index (χ3n) is 4.56. The monoisotopic (exact) mass is 253 g/mol. The van der Waals surface area contributed by atoms with E-state index in [9.17, 15) is 4.79 Å². The first kappa shape index (κ1) is 13.8. The van der Waals surface area contributed by atoms with Gasteiger partial charge in [0, 0.05) is 18.6 Å². The van der Waals surface area contributed by atoms with Crippen molar-refractivity contribution in [1.29, 1.82) is 0 Å². The van der Waals surface area contributed by atoms with Crippen molar-refractivity contribution < 1.29 is 4.79 Å². The van der Waals surface area contributed by atoms with Crippen LogP contribution >= 0.6 is 0 Å². The summed E-state index contributed by atoms with van der Waals surface area (Å²) in [6, 6.07) is 1.22. The molecule has 4 heteroatoms. The fraction of sp³-hybridized carbons (Fsp3) is 0.929. The van der Waals surface area contributed by atoms with E-state index in [1.54, 1.807) is 0 Å². The van der Waals surface area contributed by atoms with E-state index in [-0.39, 0.29) is 5.91 Å². The highest BCUT2D eigenvalue weighted by Gasteiger charge is 2.37. The van der Waals surface area contributed by atoms with Gasteiger partial charge >= 0.3 is 0 Å². The predicted molar refractivity (Wildman–Crippen MR) is 73.3 cm³/mol. The Kier molecular flexibility index (Phi) is 4.28. The van der Waals surface area contributed by atoms with Crippen molar-refractivity contribution in [2.24, 2.45) is 5.73 Å². The fourth-order valence-electron chi connectivity index (χ4n) is 2.87. The Morgan fingerprint density at radius 2 is 1.94 bits per heavy atom. The minimum Gasteiger partial charge on any atom is -0.368 e. The maximum absolute atomic E-state index is 11.7. The average molecular weight is 253 g/mol. The van der Waals surface area contributed by atoms with E-state index in [0.717, 1.165) is 13.0 Å². The number of primary amides is 1. The molecule has 0 saturated heterocycles. The topological polar surface area (TPSA) is 58.4 Å². The van der Waals surface area contributed by atoms with Crippen LogP contribution in [-0.2, 0) is 4.79 Å². The van der Waals surface area contributed by atoms with E-state index < -0.39 is 5.54 Å². The second-order valence-corrected chi connectivity index (χ2v) is 6.28. The van der Waals surface area contributed by atoms with Crippen LogP contribution in [0.5, 0.6) is 0 Å². The van der Waals surface area contributed by atoms with E-state index in [0.29, 0.717) is 12.1 Å². The second kappa shape index (κ2) is 5.57. The number of carbonyl (C=O) groups excluding carboxylic acids is 1. The summed E-state index contributed by atoms with van der Waals surface area (Å²) in [4.78, 5) is 14.1. The normalized spacial score (nSPS) is 24.4. The van der Waals surface area contributed by atoms with Gasteiger partial charge in [-0.05, 0) is 46.1 Å². The number of nitrogens with one attached hydrogen (secondary N) is 1. The molecular weight excluding hydrogens is 226 g/mol. The van der Waals surface area contributed by atoms with Crippen molar-refractivity contribution in [3.05, 3.63) is 0 Å². The van der Waals surface area contributed by atoms with Crippen LogP contribution in [0.25, 0.3) is 0 Å². The summed E-state index contributed by atoms with van der Waals surface area (Å²) < 4.78 is 0. The summed E-state index contributed by atoms with van der Waals surface area (Å²) in [5.41, 5.74) is 5.03. The molecule has 0 aromatic rings. The molecule has 2 fully saturated rings. The average Bonchev–Trinajstić information content (AvgIpc) is 2.96. The van der Waals surface area contributed by atoms with Crippen LogP contribution in [0.15, 0.2) is 0 Å². The van der Waals surface area contributed by atoms with Crippen LogP contribution in [-0.4, -0.2) is 42.0 Å². The van der Waals surface area contributed by atoms with Gasteiger partial charge in [0.2, 0.25) is 5.91 Å². The Labute approximate surface area is 110 Å². The van der Waals surface area contributed by atoms with Gasteiger partial charge in [0.25, 0.3) is 0 Å². The maximum Gasteiger partial charge on any atom is 0.237 e. The zero-order valence-electron chi connectivity index (χ0n) is 11.7. The third kappa shape index (κ3) is 3.45. The van der Waals surface area contributed by atoms with Gasteiger partial charge in [0.15, 0.2) is 0 Å². The molecule has 2 saturated carbocycles. The molecule has 18 heavy (non-hydrogen) atoms. The van der Waals surface area contributed by atoms with E-state index in [1.165, 1.54) is 38.5 Å². The molecule has 2 aliphatic rings. The highest BCUT2D eigenvalue weighted by molar-refractivity contribution is 5.84. The van der Waals surface area contributed by atoms with Crippen LogP contribution in [0, 0.1) is 0 Å². The minimum atomic E-state index is -0.534. The van der Waals surface area contributed by atoms with E-state index in [4.69, 9.17) is 5.73 Å². The molecule has 0 spiro atoms. The zero-order valence-corrected chi connectivity index (χ0v) is 11.7. The number of amides is 1. The van der Waals surface area contributed by atoms with Crippen molar-refractivity contribution in [2.45, 2.75) is 69.5 Å². The molecule has 1 atom stereocenters. The molecule has 104 valence electrons. The van der Waals surface area contributed by atoms with E-state index in [2.05, 4.69) is 17.3 Å². The summed E-state index contributed by atoms with van der Waals surface area (Å²) in [6.07, 6.45) is 8.49. The van der Waals surface area contributed by atoms with E-state index in [1.807, 2.05) is 6.92 Å². The lowest BCUT2D eigenvalue weighted by Crippen LogP contribution is -2.55. The number of carbonyl (C=O) groups is 1. The molecule has 0 aromatic carbocycles. The summed E-state index contributed by atoms with van der Waals surface area (Å²) in [5.74, 6) is -0.214. The van der Waals surface area contributed by atoms with Crippen LogP contribution in [0.4, 0.5) is 0 Å². The molecule has 0 aromatic heterocycles. The maximum atomic E-state index is 11.7. The molecule has 1 unspecified atom stereocenters. The second-order valence-electron chi connectivity index (χ2n) is 6.28. The highest BCUT2D eigenvalue weighted by Crippen LogP contribution is 2.26. The van der Waals surface area contributed by atoms with Crippen molar-refractivity contribution in [1.82, 2.24) is 10.2 Å². The number of hydrogen-bond acceptors (Lipinski definition) is 3. The number of nitrogens with two attached hydrogens (primary N) is 1. The van der Waals surface area contributed by atoms with Crippen LogP contribution in [0.3, 0.4) is 0 Å². The van der Waals surface area contributed by atoms with Crippen LogP contribution in [0.2, 0.25) is 0 Å². The number of hydrogen-bond donors (Lipinski definition) is 2. The zero-order chi connectivity index (χ0) is 13.2. The molecule has 0 heterocycles. The molecule has 0 bridgehead atoms. The molecule has 2 rings (SSSR count). The summed E-state index contributed by atoms with van der Waals surface area (Å²) >= 11 is 0. The Morgan fingerprint density at radius 3 is 2.44 bits per heavy atom. The van der Waals surface area contributed by atoms with Crippen LogP contribution in [0.1, 0.15) is 51.9 Å². The number of nitrogens with zero attached hydrogens (tertiary/aromatic N) is 1. The molecule has 2 aliphatic carbocycles. The predicted octanol–water partition coefficient (Wildman–Crippen LogP) is 1.25. The SMILES string of the molecule is CN(CCC(C)(NC1CC1)C(N)=O)C1CCCC1. The summed E-state index contributed by atoms with van der Waals surface area (Å²) in [7, 11) is 2.18. The first-order chi connectivity index (χ1) is 8.51. The first-order valence-electron chi connectivity index (χ1n) is 7.29. The Bertz CT molecular complexity index is 297. The van der Waals surface area contributed by atoms with Gasteiger partial charge in [-0.25, -0.2) is 0 Å². The lowest BCUT2D eigenvalue weighted by molar-refractivity contribution is -0.124. The summed E-state index contributed by atoms with van der Waals surface area (Å²) in [5, 5.41) is 3.41. The standard InChI is InChI=1S/C14H27N3O/c1-14(13(15)18,16-11-7-8-11)9-10-17(2)12-5-3-4-6-12/h11-12,16H,3-10H2,1-2H3,(H2,15,18). The van der Waals surface area contributed by atoms with Gasteiger partial charge in [-0.15, -0.1) is 0 Å². The Hall–Kier alpha value is -0.610. The van der Waals surface area contributed by atoms with Gasteiger partial charge in [0.05, 0.1) is 5.54 Å². The third-order valence-corrected chi connectivity index (χ3v) is 4.56. The molecule has 0 radical (unpaired) electrons. The van der Waals surface area contributed by atoms with Crippen molar-refractivity contribution in [2.75, 3.05) is 13.6 Å². The molecular formula is C14H27N3O. The lowest BCUT2D eigenvalue weighted by atomic mass is 9.96. The Balaban J connectivity index is 1.82. The minimum absolute atomic E-state index is 0.214. The van der Waals surface area contributed by atoms with Gasteiger partial charge in [-0.3, -0.25) is 4.79 Å². The molecule has 0 aliphatic heterocycles. The van der Waals surface area contributed by atoms with Crippen molar-refractivity contribution in [3.63, 3.8) is 0 Å². The van der Waals surface area contributed by atoms with Crippen molar-refractivity contribution >= 4 is 5.91 Å². The van der Waals surface area contributed by atoms with Gasteiger partial charge in [-0.1, -0.05) is 12.8 Å². The fourth-order valence-corrected chi connectivity index (χ4v) is 2.87. The first-order valence-corrected chi connectivity index (χ1v) is 7.29. The largest absolute Gasteiger partial charge is 0.368 e. The van der Waals surface area contributed by atoms with Gasteiger partial charge in [0.1, 0.15) is 0 Å². The van der Waals surface area contributed by atoms with E-state index >= 15 is 0 Å². The smallest absolute Gasteiger partial charge is 0.237 e. The number of rotatable bonds is 7. The molecule has 4 nitrogen and oxygen atoms in total. The van der Waals surface area contributed by atoms with Crippen molar-refractivity contribution in [3.8, 4) is 0 Å². The Morgan fingerprint density at radius 1 is 1.33 bits per heavy atom. The lowest BCUT2D eigenvalue weighted by Gasteiger charge is -2.32.